The molecule has 1 atom stereocenters. The summed E-state index contributed by atoms with van der Waals surface area (Å²) in [5.41, 5.74) is 0.977. The van der Waals surface area contributed by atoms with Gasteiger partial charge in [0.2, 0.25) is 0 Å². The van der Waals surface area contributed by atoms with Gasteiger partial charge in [0.15, 0.2) is 0 Å². The van der Waals surface area contributed by atoms with E-state index in [4.69, 9.17) is 14.0 Å². The van der Waals surface area contributed by atoms with E-state index >= 15 is 0 Å². The summed E-state index contributed by atoms with van der Waals surface area (Å²) in [5, 5.41) is 3.04. The van der Waals surface area contributed by atoms with Crippen LogP contribution in [0.5, 0.6) is 0 Å². The predicted molar refractivity (Wildman–Crippen MR) is 121 cm³/mol. The van der Waals surface area contributed by atoms with E-state index in [0.29, 0.717) is 25.1 Å². The van der Waals surface area contributed by atoms with E-state index in [1.165, 1.54) is 0 Å². The fourth-order valence-electron chi connectivity index (χ4n) is 3.64. The number of carbonyl (C=O) groups excluding carboxylic acids is 2. The second-order valence-electron chi connectivity index (χ2n) is 10.5. The zero-order valence-electron chi connectivity index (χ0n) is 20.0. The zero-order valence-corrected chi connectivity index (χ0v) is 20.0. The van der Waals surface area contributed by atoms with Gasteiger partial charge in [-0.05, 0) is 79.4 Å². The van der Waals surface area contributed by atoms with E-state index < -0.39 is 23.9 Å². The molecule has 2 saturated heterocycles. The normalized spacial score (nSPS) is 22.5. The summed E-state index contributed by atoms with van der Waals surface area (Å²) in [7, 11) is -0.521. The summed E-state index contributed by atoms with van der Waals surface area (Å²) in [6.07, 6.45) is 0.351. The number of ether oxygens (including phenoxy) is 1. The van der Waals surface area contributed by atoms with Crippen molar-refractivity contribution in [2.24, 2.45) is 0 Å². The zero-order chi connectivity index (χ0) is 23.2. The van der Waals surface area contributed by atoms with Crippen molar-refractivity contribution in [1.29, 1.82) is 0 Å². The number of likely N-dealkylation sites (tertiary alicyclic amines) is 1. The topological polar surface area (TPSA) is 77.1 Å². The summed E-state index contributed by atoms with van der Waals surface area (Å²) < 4.78 is 17.8. The highest BCUT2D eigenvalue weighted by atomic mass is 16.7. The molecule has 3 rings (SSSR count). The molecule has 0 unspecified atom stereocenters. The molecule has 7 nitrogen and oxygen atoms in total. The molecule has 0 aliphatic carbocycles. The molecule has 8 heteroatoms. The van der Waals surface area contributed by atoms with Crippen molar-refractivity contribution in [2.45, 2.75) is 84.7 Å². The van der Waals surface area contributed by atoms with E-state index in [9.17, 15) is 9.59 Å². The van der Waals surface area contributed by atoms with Crippen LogP contribution in [0.2, 0.25) is 0 Å². The number of benzene rings is 1. The molecule has 0 bridgehead atoms. The van der Waals surface area contributed by atoms with Gasteiger partial charge in [-0.25, -0.2) is 4.79 Å². The average Bonchev–Trinajstić information content (AvgIpc) is 3.16. The van der Waals surface area contributed by atoms with Gasteiger partial charge in [-0.2, -0.15) is 0 Å². The number of hydrogen-bond donors (Lipinski definition) is 1. The lowest BCUT2D eigenvalue weighted by Crippen LogP contribution is -2.41. The Kier molecular flexibility index (Phi) is 6.19. The molecule has 2 heterocycles. The summed E-state index contributed by atoms with van der Waals surface area (Å²) in [5.74, 6) is -0.172. The van der Waals surface area contributed by atoms with Gasteiger partial charge >= 0.3 is 13.2 Å². The Balaban J connectivity index is 1.66. The largest absolute Gasteiger partial charge is 0.495 e. The Morgan fingerprint density at radius 2 is 1.77 bits per heavy atom. The van der Waals surface area contributed by atoms with Crippen molar-refractivity contribution in [3.05, 3.63) is 29.3 Å². The first-order valence-corrected chi connectivity index (χ1v) is 10.9. The Morgan fingerprint density at radius 1 is 1.16 bits per heavy atom. The van der Waals surface area contributed by atoms with E-state index in [-0.39, 0.29) is 18.0 Å². The van der Waals surface area contributed by atoms with Crippen molar-refractivity contribution in [2.75, 3.05) is 13.1 Å². The number of hydrogen-bond acceptors (Lipinski definition) is 5. The fourth-order valence-corrected chi connectivity index (χ4v) is 3.64. The van der Waals surface area contributed by atoms with Crippen LogP contribution in [0.1, 0.15) is 70.8 Å². The highest BCUT2D eigenvalue weighted by molar-refractivity contribution is 6.62. The number of aryl methyl sites for hydroxylation is 1. The van der Waals surface area contributed by atoms with Gasteiger partial charge in [-0.3, -0.25) is 4.79 Å². The summed E-state index contributed by atoms with van der Waals surface area (Å²) in [6.45, 7) is 16.6. The van der Waals surface area contributed by atoms with E-state index in [0.717, 1.165) is 11.0 Å². The van der Waals surface area contributed by atoms with Crippen LogP contribution in [0.15, 0.2) is 18.2 Å². The summed E-state index contributed by atoms with van der Waals surface area (Å²) >= 11 is 0. The Bertz CT molecular complexity index is 846. The summed E-state index contributed by atoms with van der Waals surface area (Å²) in [6, 6.07) is 5.45. The molecule has 2 aliphatic rings. The van der Waals surface area contributed by atoms with Crippen molar-refractivity contribution >= 4 is 24.6 Å². The quantitative estimate of drug-likeness (QED) is 0.746. The standard InChI is InChI=1S/C23H35BN2O5/c1-15-9-10-16(13-18(15)24-30-22(5,6)23(7,8)31-24)19(27)25-17-11-12-26(14-17)20(28)29-21(2,3)4/h9-10,13,17H,11-12,14H2,1-8H3,(H,25,27)/t17-/m0/s1. The van der Waals surface area contributed by atoms with Gasteiger partial charge in [0, 0.05) is 24.7 Å². The fraction of sp³-hybridized carbons (Fsp3) is 0.652. The Labute approximate surface area is 185 Å². The lowest BCUT2D eigenvalue weighted by molar-refractivity contribution is 0.00578. The second kappa shape index (κ2) is 8.13. The molecule has 0 spiro atoms. The van der Waals surface area contributed by atoms with Gasteiger partial charge in [-0.15, -0.1) is 0 Å². The van der Waals surface area contributed by atoms with Crippen LogP contribution in [0, 0.1) is 6.92 Å². The van der Waals surface area contributed by atoms with Crippen molar-refractivity contribution < 1.29 is 23.6 Å². The number of nitrogens with one attached hydrogen (secondary N) is 1. The van der Waals surface area contributed by atoms with E-state index in [1.54, 1.807) is 11.0 Å². The molecule has 170 valence electrons. The Hall–Kier alpha value is -2.06. The first kappa shape index (κ1) is 23.6. The molecule has 0 radical (unpaired) electrons. The number of rotatable bonds is 3. The maximum atomic E-state index is 12.9. The average molecular weight is 430 g/mol. The minimum absolute atomic E-state index is 0.110. The molecule has 31 heavy (non-hydrogen) atoms. The van der Waals surface area contributed by atoms with E-state index in [1.807, 2.05) is 67.5 Å². The molecule has 1 aromatic rings. The second-order valence-corrected chi connectivity index (χ2v) is 10.5. The van der Waals surface area contributed by atoms with Gasteiger partial charge in [0.25, 0.3) is 5.91 Å². The maximum absolute atomic E-state index is 12.9. The molecular formula is C23H35BN2O5. The monoisotopic (exact) mass is 430 g/mol. The number of amides is 2. The molecular weight excluding hydrogens is 395 g/mol. The predicted octanol–water partition coefficient (Wildman–Crippen LogP) is 3.03. The highest BCUT2D eigenvalue weighted by Crippen LogP contribution is 2.36. The van der Waals surface area contributed by atoms with E-state index in [2.05, 4.69) is 5.32 Å². The molecule has 2 amide bonds. The number of nitrogens with zero attached hydrogens (tertiary/aromatic N) is 1. The third kappa shape index (κ3) is 5.23. The number of carbonyl (C=O) groups is 2. The molecule has 1 N–H and O–H groups in total. The lowest BCUT2D eigenvalue weighted by atomic mass is 9.75. The van der Waals surface area contributed by atoms with Crippen LogP contribution < -0.4 is 10.8 Å². The van der Waals surface area contributed by atoms with Gasteiger partial charge < -0.3 is 24.3 Å². The smallest absolute Gasteiger partial charge is 0.444 e. The first-order chi connectivity index (χ1) is 14.2. The van der Waals surface area contributed by atoms with Crippen LogP contribution in [0.3, 0.4) is 0 Å². The SMILES string of the molecule is Cc1ccc(C(=O)N[C@H]2CCN(C(=O)OC(C)(C)C)C2)cc1B1OC(C)(C)C(C)(C)O1. The molecule has 0 saturated carbocycles. The molecule has 2 fully saturated rings. The van der Waals surface area contributed by atoms with Crippen molar-refractivity contribution in [1.82, 2.24) is 10.2 Å². The van der Waals surface area contributed by atoms with Crippen LogP contribution in [-0.2, 0) is 14.0 Å². The van der Waals surface area contributed by atoms with Crippen molar-refractivity contribution in [3.63, 3.8) is 0 Å². The van der Waals surface area contributed by atoms with Crippen molar-refractivity contribution in [3.8, 4) is 0 Å². The first-order valence-electron chi connectivity index (χ1n) is 10.9. The molecule has 2 aliphatic heterocycles. The highest BCUT2D eigenvalue weighted by Gasteiger charge is 2.52. The third-order valence-corrected chi connectivity index (χ3v) is 6.22. The van der Waals surface area contributed by atoms with Crippen LogP contribution in [0.25, 0.3) is 0 Å². The minimum Gasteiger partial charge on any atom is -0.444 e. The van der Waals surface area contributed by atoms with Crippen LogP contribution in [0.4, 0.5) is 4.79 Å². The molecule has 1 aromatic carbocycles. The van der Waals surface area contributed by atoms with Gasteiger partial charge in [-0.1, -0.05) is 11.6 Å². The van der Waals surface area contributed by atoms with Crippen LogP contribution >= 0.6 is 0 Å². The molecule has 0 aromatic heterocycles. The third-order valence-electron chi connectivity index (χ3n) is 6.22. The minimum atomic E-state index is -0.537. The van der Waals surface area contributed by atoms with Gasteiger partial charge in [0.1, 0.15) is 5.60 Å². The lowest BCUT2D eigenvalue weighted by Gasteiger charge is -2.32. The summed E-state index contributed by atoms with van der Waals surface area (Å²) in [4.78, 5) is 26.8. The van der Waals surface area contributed by atoms with Gasteiger partial charge in [0.05, 0.1) is 11.2 Å². The van der Waals surface area contributed by atoms with Crippen LogP contribution in [-0.4, -0.2) is 60.0 Å². The Morgan fingerprint density at radius 3 is 2.35 bits per heavy atom. The maximum Gasteiger partial charge on any atom is 0.495 e.